The summed E-state index contributed by atoms with van der Waals surface area (Å²) < 4.78 is 0. The van der Waals surface area contributed by atoms with Gasteiger partial charge in [-0.2, -0.15) is 0 Å². The van der Waals surface area contributed by atoms with Crippen LogP contribution in [-0.2, 0) is 0 Å². The largest absolute Gasteiger partial charge is 0.208 e. The van der Waals surface area contributed by atoms with Gasteiger partial charge in [-0.1, -0.05) is 170 Å². The smallest absolute Gasteiger partial charge is 0.164 e. The van der Waals surface area contributed by atoms with Crippen molar-refractivity contribution in [2.45, 2.75) is 6.92 Å². The van der Waals surface area contributed by atoms with Gasteiger partial charge >= 0.3 is 0 Å². The summed E-state index contributed by atoms with van der Waals surface area (Å²) in [5, 5.41) is 2.49. The van der Waals surface area contributed by atoms with E-state index in [-0.39, 0.29) is 0 Å². The molecular weight excluding hydrogens is 571 g/mol. The highest BCUT2D eigenvalue weighted by Crippen LogP contribution is 2.33. The molecule has 8 rings (SSSR count). The Hall–Kier alpha value is -6.19. The van der Waals surface area contributed by atoms with Crippen LogP contribution in [-0.4, -0.2) is 15.0 Å². The summed E-state index contributed by atoms with van der Waals surface area (Å²) in [5.74, 6) is 1.93. The number of benzene rings is 7. The van der Waals surface area contributed by atoms with Crippen molar-refractivity contribution in [3.05, 3.63) is 175 Å². The van der Waals surface area contributed by atoms with Crippen molar-refractivity contribution >= 4 is 10.8 Å². The molecule has 0 radical (unpaired) electrons. The van der Waals surface area contributed by atoms with Crippen molar-refractivity contribution in [3.8, 4) is 67.5 Å². The molecule has 47 heavy (non-hydrogen) atoms. The predicted molar refractivity (Wildman–Crippen MR) is 195 cm³/mol. The lowest BCUT2D eigenvalue weighted by Gasteiger charge is -2.11. The first kappa shape index (κ1) is 28.3. The number of rotatable bonds is 6. The van der Waals surface area contributed by atoms with E-state index in [1.165, 1.54) is 33.0 Å². The number of fused-ring (bicyclic) bond motifs is 1. The van der Waals surface area contributed by atoms with Crippen LogP contribution in [0, 0.1) is 6.92 Å². The number of aryl methyl sites for hydroxylation is 1. The molecule has 0 fully saturated rings. The SMILES string of the molecule is Cc1cc(-c2ccc(-c3nc(-c4ccc(-c5ccccc5)cc4)nc(-c4ccc(-c5ccccc5)cc4)n3)cc2)c2ccccc2c1. The van der Waals surface area contributed by atoms with E-state index in [9.17, 15) is 0 Å². The molecule has 0 saturated heterocycles. The second-order valence-electron chi connectivity index (χ2n) is 11.8. The van der Waals surface area contributed by atoms with E-state index < -0.39 is 0 Å². The minimum atomic E-state index is 0.643. The van der Waals surface area contributed by atoms with E-state index >= 15 is 0 Å². The molecular formula is C44H31N3. The Morgan fingerprint density at radius 1 is 0.319 bits per heavy atom. The first-order valence-electron chi connectivity index (χ1n) is 15.9. The monoisotopic (exact) mass is 601 g/mol. The maximum absolute atomic E-state index is 5.01. The van der Waals surface area contributed by atoms with E-state index in [0.717, 1.165) is 33.4 Å². The summed E-state index contributed by atoms with van der Waals surface area (Å²) >= 11 is 0. The van der Waals surface area contributed by atoms with E-state index in [4.69, 9.17) is 15.0 Å². The molecule has 0 atom stereocenters. The fourth-order valence-electron chi connectivity index (χ4n) is 6.15. The third-order valence-corrected chi connectivity index (χ3v) is 8.60. The van der Waals surface area contributed by atoms with Gasteiger partial charge in [0.15, 0.2) is 17.5 Å². The number of hydrogen-bond acceptors (Lipinski definition) is 3. The van der Waals surface area contributed by atoms with Crippen molar-refractivity contribution in [1.82, 2.24) is 15.0 Å². The standard InChI is InChI=1S/C44H31N3/c1-30-28-39-14-8-9-15-40(39)41(29-30)35-20-26-38(27-21-35)44-46-42(36-22-16-33(17-23-36)31-10-4-2-5-11-31)45-43(47-44)37-24-18-34(19-25-37)32-12-6-3-7-13-32/h2-29H,1H3. The first-order valence-corrected chi connectivity index (χ1v) is 15.9. The molecule has 3 nitrogen and oxygen atoms in total. The highest BCUT2D eigenvalue weighted by molar-refractivity contribution is 5.97. The normalized spacial score (nSPS) is 11.1. The van der Waals surface area contributed by atoms with Crippen LogP contribution in [0.4, 0.5) is 0 Å². The van der Waals surface area contributed by atoms with Gasteiger partial charge in [0, 0.05) is 16.7 Å². The molecule has 7 aromatic carbocycles. The fraction of sp³-hybridized carbons (Fsp3) is 0.0227. The van der Waals surface area contributed by atoms with E-state index in [2.05, 4.69) is 165 Å². The molecule has 0 saturated carbocycles. The number of aromatic nitrogens is 3. The molecule has 0 aliphatic rings. The Balaban J connectivity index is 1.20. The van der Waals surface area contributed by atoms with Gasteiger partial charge in [0.1, 0.15) is 0 Å². The Morgan fingerprint density at radius 3 is 1.15 bits per heavy atom. The van der Waals surface area contributed by atoms with Crippen molar-refractivity contribution < 1.29 is 0 Å². The van der Waals surface area contributed by atoms with Crippen molar-refractivity contribution in [1.29, 1.82) is 0 Å². The average Bonchev–Trinajstić information content (AvgIpc) is 3.15. The maximum atomic E-state index is 5.01. The van der Waals surface area contributed by atoms with Gasteiger partial charge in [-0.3, -0.25) is 0 Å². The summed E-state index contributed by atoms with van der Waals surface area (Å²) in [6.45, 7) is 2.15. The highest BCUT2D eigenvalue weighted by atomic mass is 15.0. The third kappa shape index (κ3) is 5.83. The molecule has 222 valence electrons. The van der Waals surface area contributed by atoms with Crippen molar-refractivity contribution in [3.63, 3.8) is 0 Å². The van der Waals surface area contributed by atoms with Gasteiger partial charge in [0.25, 0.3) is 0 Å². The van der Waals surface area contributed by atoms with Crippen LogP contribution in [0.5, 0.6) is 0 Å². The van der Waals surface area contributed by atoms with Gasteiger partial charge in [0.2, 0.25) is 0 Å². The Labute approximate surface area is 274 Å². The van der Waals surface area contributed by atoms with Gasteiger partial charge in [-0.25, -0.2) is 15.0 Å². The van der Waals surface area contributed by atoms with Crippen LogP contribution in [0.2, 0.25) is 0 Å². The van der Waals surface area contributed by atoms with E-state index in [1.54, 1.807) is 0 Å². The topological polar surface area (TPSA) is 38.7 Å². The van der Waals surface area contributed by atoms with E-state index in [1.807, 2.05) is 12.1 Å². The van der Waals surface area contributed by atoms with Crippen LogP contribution in [0.15, 0.2) is 170 Å². The van der Waals surface area contributed by atoms with Crippen molar-refractivity contribution in [2.24, 2.45) is 0 Å². The zero-order valence-electron chi connectivity index (χ0n) is 26.0. The van der Waals surface area contributed by atoms with Gasteiger partial charge in [0.05, 0.1) is 0 Å². The summed E-state index contributed by atoms with van der Waals surface area (Å²) in [7, 11) is 0. The molecule has 0 unspecified atom stereocenters. The number of nitrogens with zero attached hydrogens (tertiary/aromatic N) is 3. The maximum Gasteiger partial charge on any atom is 0.164 e. The first-order chi connectivity index (χ1) is 23.2. The second kappa shape index (κ2) is 12.3. The number of hydrogen-bond donors (Lipinski definition) is 0. The summed E-state index contributed by atoms with van der Waals surface area (Å²) in [6, 6.07) is 59.3. The van der Waals surface area contributed by atoms with Crippen LogP contribution in [0.3, 0.4) is 0 Å². The summed E-state index contributed by atoms with van der Waals surface area (Å²) in [5.41, 5.74) is 11.1. The Morgan fingerprint density at radius 2 is 0.681 bits per heavy atom. The summed E-state index contributed by atoms with van der Waals surface area (Å²) in [6.07, 6.45) is 0. The van der Waals surface area contributed by atoms with Crippen molar-refractivity contribution in [2.75, 3.05) is 0 Å². The second-order valence-corrected chi connectivity index (χ2v) is 11.8. The molecule has 1 aromatic heterocycles. The molecule has 0 aliphatic heterocycles. The fourth-order valence-corrected chi connectivity index (χ4v) is 6.15. The average molecular weight is 602 g/mol. The molecule has 3 heteroatoms. The van der Waals surface area contributed by atoms with Gasteiger partial charge < -0.3 is 0 Å². The van der Waals surface area contributed by atoms with Gasteiger partial charge in [-0.05, 0) is 56.6 Å². The Bertz CT molecular complexity index is 2210. The van der Waals surface area contributed by atoms with Crippen LogP contribution >= 0.6 is 0 Å². The molecule has 0 bridgehead atoms. The lowest BCUT2D eigenvalue weighted by Crippen LogP contribution is -2.00. The van der Waals surface area contributed by atoms with E-state index in [0.29, 0.717) is 17.5 Å². The Kier molecular flexibility index (Phi) is 7.41. The molecule has 1 heterocycles. The van der Waals surface area contributed by atoms with Gasteiger partial charge in [-0.15, -0.1) is 0 Å². The highest BCUT2D eigenvalue weighted by Gasteiger charge is 2.14. The minimum Gasteiger partial charge on any atom is -0.208 e. The molecule has 0 amide bonds. The summed E-state index contributed by atoms with van der Waals surface area (Å²) in [4.78, 5) is 15.0. The lowest BCUT2D eigenvalue weighted by molar-refractivity contribution is 1.07. The third-order valence-electron chi connectivity index (χ3n) is 8.60. The molecule has 0 spiro atoms. The van der Waals surface area contributed by atoms with Crippen LogP contribution in [0.25, 0.3) is 78.3 Å². The molecule has 8 aromatic rings. The molecule has 0 aliphatic carbocycles. The zero-order chi connectivity index (χ0) is 31.6. The lowest BCUT2D eigenvalue weighted by atomic mass is 9.95. The zero-order valence-corrected chi connectivity index (χ0v) is 26.0. The van der Waals surface area contributed by atoms with Crippen LogP contribution in [0.1, 0.15) is 5.56 Å². The predicted octanol–water partition coefficient (Wildman–Crippen LogP) is 11.3. The van der Waals surface area contributed by atoms with Crippen LogP contribution < -0.4 is 0 Å². The quantitative estimate of drug-likeness (QED) is 0.190. The minimum absolute atomic E-state index is 0.643. The molecule has 0 N–H and O–H groups in total.